The highest BCUT2D eigenvalue weighted by molar-refractivity contribution is 5.96. The van der Waals surface area contributed by atoms with Gasteiger partial charge in [-0.3, -0.25) is 9.89 Å². The second kappa shape index (κ2) is 5.80. The van der Waals surface area contributed by atoms with Gasteiger partial charge in [0.05, 0.1) is 0 Å². The zero-order chi connectivity index (χ0) is 17.5. The molecular weight excluding hydrogens is 334 g/mol. The average molecular weight is 349 g/mol. The first-order valence-corrected chi connectivity index (χ1v) is 8.26. The van der Waals surface area contributed by atoms with Crippen LogP contribution in [0.1, 0.15) is 21.6 Å². The number of para-hydroxylation sites is 1. The molecule has 7 heteroatoms. The number of H-pyrrole nitrogens is 1. The molecule has 0 saturated heterocycles. The van der Waals surface area contributed by atoms with Crippen molar-refractivity contribution in [1.29, 1.82) is 0 Å². The Morgan fingerprint density at radius 3 is 2.92 bits per heavy atom. The molecule has 3 aromatic rings. The fourth-order valence-electron chi connectivity index (χ4n) is 3.18. The maximum Gasteiger partial charge on any atom is 0.270 e. The summed E-state index contributed by atoms with van der Waals surface area (Å²) < 4.78 is 16.4. The van der Waals surface area contributed by atoms with E-state index in [4.69, 9.17) is 14.2 Å². The Balaban J connectivity index is 1.35. The van der Waals surface area contributed by atoms with Crippen LogP contribution in [-0.2, 0) is 13.2 Å². The van der Waals surface area contributed by atoms with Crippen molar-refractivity contribution in [3.63, 3.8) is 0 Å². The van der Waals surface area contributed by atoms with Crippen molar-refractivity contribution in [2.75, 3.05) is 6.79 Å². The highest BCUT2D eigenvalue weighted by Gasteiger charge is 2.26. The van der Waals surface area contributed by atoms with Gasteiger partial charge in [0.15, 0.2) is 11.5 Å². The molecule has 26 heavy (non-hydrogen) atoms. The minimum Gasteiger partial charge on any atom is -0.488 e. The number of hydrogen-bond acceptors (Lipinski definition) is 5. The number of amides is 1. The van der Waals surface area contributed by atoms with Crippen LogP contribution in [0.3, 0.4) is 0 Å². The molecule has 1 amide bonds. The molecule has 0 fully saturated rings. The van der Waals surface area contributed by atoms with Crippen LogP contribution in [-0.4, -0.2) is 22.9 Å². The van der Waals surface area contributed by atoms with Crippen molar-refractivity contribution in [3.8, 4) is 28.5 Å². The predicted octanol–water partition coefficient (Wildman–Crippen LogP) is 2.63. The van der Waals surface area contributed by atoms with Crippen molar-refractivity contribution in [2.45, 2.75) is 13.2 Å². The van der Waals surface area contributed by atoms with Crippen molar-refractivity contribution in [2.24, 2.45) is 0 Å². The summed E-state index contributed by atoms with van der Waals surface area (Å²) in [6.07, 6.45) is 0. The lowest BCUT2D eigenvalue weighted by molar-refractivity contribution is 0.0943. The number of ether oxygens (including phenoxy) is 3. The fraction of sp³-hybridized carbons (Fsp3) is 0.158. The van der Waals surface area contributed by atoms with Crippen molar-refractivity contribution in [3.05, 3.63) is 59.3 Å². The van der Waals surface area contributed by atoms with E-state index in [0.29, 0.717) is 24.6 Å². The van der Waals surface area contributed by atoms with Gasteiger partial charge in [-0.05, 0) is 29.8 Å². The molecule has 2 aliphatic rings. The second-order valence-electron chi connectivity index (χ2n) is 6.08. The Morgan fingerprint density at radius 1 is 1.08 bits per heavy atom. The van der Waals surface area contributed by atoms with E-state index in [-0.39, 0.29) is 12.7 Å². The number of carbonyl (C=O) groups excluding carboxylic acids is 1. The second-order valence-corrected chi connectivity index (χ2v) is 6.08. The third-order valence-corrected chi connectivity index (χ3v) is 4.50. The SMILES string of the molecule is O=C(NCc1ccc2c(c1)OCO2)c1[nH]nc2c1COc1ccccc1-2. The molecule has 1 aromatic heterocycles. The summed E-state index contributed by atoms with van der Waals surface area (Å²) in [7, 11) is 0. The number of fused-ring (bicyclic) bond motifs is 4. The summed E-state index contributed by atoms with van der Waals surface area (Å²) in [6, 6.07) is 13.3. The topological polar surface area (TPSA) is 85.5 Å². The molecule has 0 bridgehead atoms. The van der Waals surface area contributed by atoms with E-state index in [1.807, 2.05) is 42.5 Å². The van der Waals surface area contributed by atoms with Crippen molar-refractivity contribution >= 4 is 5.91 Å². The minimum absolute atomic E-state index is 0.223. The Labute approximate surface area is 148 Å². The minimum atomic E-state index is -0.223. The lowest BCUT2D eigenvalue weighted by atomic mass is 10.0. The number of benzene rings is 2. The largest absolute Gasteiger partial charge is 0.488 e. The lowest BCUT2D eigenvalue weighted by Gasteiger charge is -2.17. The van der Waals surface area contributed by atoms with E-state index in [9.17, 15) is 4.79 Å². The van der Waals surface area contributed by atoms with Crippen LogP contribution < -0.4 is 19.5 Å². The van der Waals surface area contributed by atoms with Crippen LogP contribution in [0.2, 0.25) is 0 Å². The van der Waals surface area contributed by atoms with Gasteiger partial charge in [-0.2, -0.15) is 5.10 Å². The normalized spacial score (nSPS) is 13.5. The van der Waals surface area contributed by atoms with E-state index in [2.05, 4.69) is 15.5 Å². The van der Waals surface area contributed by atoms with Crippen molar-refractivity contribution in [1.82, 2.24) is 15.5 Å². The van der Waals surface area contributed by atoms with Gasteiger partial charge in [0, 0.05) is 17.7 Å². The van der Waals surface area contributed by atoms with Crippen LogP contribution in [0.5, 0.6) is 17.2 Å². The lowest BCUT2D eigenvalue weighted by Crippen LogP contribution is -2.24. The van der Waals surface area contributed by atoms with Gasteiger partial charge < -0.3 is 19.5 Å². The molecule has 130 valence electrons. The van der Waals surface area contributed by atoms with E-state index in [1.54, 1.807) is 0 Å². The smallest absolute Gasteiger partial charge is 0.270 e. The maximum absolute atomic E-state index is 12.6. The fourth-order valence-corrected chi connectivity index (χ4v) is 3.18. The molecule has 0 atom stereocenters. The molecule has 7 nitrogen and oxygen atoms in total. The Bertz CT molecular complexity index is 1010. The van der Waals surface area contributed by atoms with Gasteiger partial charge in [0.25, 0.3) is 5.91 Å². The quantitative estimate of drug-likeness (QED) is 0.759. The Morgan fingerprint density at radius 2 is 1.96 bits per heavy atom. The monoisotopic (exact) mass is 349 g/mol. The maximum atomic E-state index is 12.6. The number of carbonyl (C=O) groups is 1. The summed E-state index contributed by atoms with van der Waals surface area (Å²) in [5, 5.41) is 10.1. The summed E-state index contributed by atoms with van der Waals surface area (Å²) in [5.41, 5.74) is 3.78. The van der Waals surface area contributed by atoms with E-state index >= 15 is 0 Å². The number of hydrogen-bond donors (Lipinski definition) is 2. The third kappa shape index (κ3) is 2.36. The highest BCUT2D eigenvalue weighted by Crippen LogP contribution is 2.37. The molecule has 3 heterocycles. The highest BCUT2D eigenvalue weighted by atomic mass is 16.7. The first-order valence-electron chi connectivity index (χ1n) is 8.26. The van der Waals surface area contributed by atoms with Crippen LogP contribution in [0, 0.1) is 0 Å². The zero-order valence-corrected chi connectivity index (χ0v) is 13.7. The molecule has 2 N–H and O–H groups in total. The standard InChI is InChI=1S/C19H15N3O4/c23-19(20-8-11-5-6-15-16(7-11)26-10-25-15)18-13-9-24-14-4-2-1-3-12(14)17(13)21-22-18/h1-7H,8-10H2,(H,20,23)(H,21,22). The zero-order valence-electron chi connectivity index (χ0n) is 13.7. The van der Waals surface area contributed by atoms with Gasteiger partial charge in [-0.25, -0.2) is 0 Å². The Kier molecular flexibility index (Phi) is 3.31. The number of nitrogens with one attached hydrogen (secondary N) is 2. The first-order chi connectivity index (χ1) is 12.8. The van der Waals surface area contributed by atoms with Gasteiger partial charge in [0.2, 0.25) is 6.79 Å². The Hall–Kier alpha value is -3.48. The average Bonchev–Trinajstić information content (AvgIpc) is 3.32. The molecule has 0 saturated carbocycles. The summed E-state index contributed by atoms with van der Waals surface area (Å²) >= 11 is 0. The van der Waals surface area contributed by atoms with Crippen molar-refractivity contribution < 1.29 is 19.0 Å². The molecule has 0 spiro atoms. The molecule has 5 rings (SSSR count). The van der Waals surface area contributed by atoms with Gasteiger partial charge >= 0.3 is 0 Å². The summed E-state index contributed by atoms with van der Waals surface area (Å²) in [4.78, 5) is 12.6. The summed E-state index contributed by atoms with van der Waals surface area (Å²) in [6.45, 7) is 0.920. The number of rotatable bonds is 3. The van der Waals surface area contributed by atoms with E-state index in [1.165, 1.54) is 0 Å². The number of nitrogens with zero attached hydrogens (tertiary/aromatic N) is 1. The van der Waals surface area contributed by atoms with Crippen LogP contribution in [0.25, 0.3) is 11.3 Å². The molecule has 2 aromatic carbocycles. The summed E-state index contributed by atoms with van der Waals surface area (Å²) in [5.74, 6) is 1.97. The van der Waals surface area contributed by atoms with Crippen LogP contribution >= 0.6 is 0 Å². The first kappa shape index (κ1) is 14.8. The van der Waals surface area contributed by atoms with E-state index in [0.717, 1.165) is 33.9 Å². The van der Waals surface area contributed by atoms with Crippen LogP contribution in [0.4, 0.5) is 0 Å². The van der Waals surface area contributed by atoms with Gasteiger partial charge in [-0.15, -0.1) is 0 Å². The molecule has 0 unspecified atom stereocenters. The third-order valence-electron chi connectivity index (χ3n) is 4.50. The van der Waals surface area contributed by atoms with E-state index < -0.39 is 0 Å². The number of aromatic amines is 1. The van der Waals surface area contributed by atoms with Gasteiger partial charge in [0.1, 0.15) is 23.7 Å². The van der Waals surface area contributed by atoms with Crippen LogP contribution in [0.15, 0.2) is 42.5 Å². The molecular formula is C19H15N3O4. The number of aromatic nitrogens is 2. The van der Waals surface area contributed by atoms with Gasteiger partial charge in [-0.1, -0.05) is 18.2 Å². The molecule has 0 aliphatic carbocycles. The molecule has 2 aliphatic heterocycles. The predicted molar refractivity (Wildman–Crippen MR) is 92.1 cm³/mol. The molecule has 0 radical (unpaired) electrons.